The molecule has 3 aromatic rings. The molecule has 4 rings (SSSR count). The van der Waals surface area contributed by atoms with Crippen molar-refractivity contribution in [3.63, 3.8) is 0 Å². The largest absolute Gasteiger partial charge is 0.345 e. The summed E-state index contributed by atoms with van der Waals surface area (Å²) in [4.78, 5) is 21.4. The number of nitrogens with zero attached hydrogens (tertiary/aromatic N) is 3. The van der Waals surface area contributed by atoms with Gasteiger partial charge in [-0.3, -0.25) is 4.79 Å². The maximum Gasteiger partial charge on any atom is 0.254 e. The summed E-state index contributed by atoms with van der Waals surface area (Å²) < 4.78 is 0. The highest BCUT2D eigenvalue weighted by Crippen LogP contribution is 2.22. The van der Waals surface area contributed by atoms with Crippen molar-refractivity contribution in [2.75, 3.05) is 31.1 Å². The van der Waals surface area contributed by atoms with Gasteiger partial charge in [-0.1, -0.05) is 36.4 Å². The standard InChI is InChI=1S/C18H17N3OS/c22-17(16-7-3-5-14-4-1-2-6-15(14)16)20-9-11-21(12-10-20)18-19-8-13-23-18/h1-8,13H,9-12H2. The Bertz CT molecular complexity index is 818. The number of amides is 1. The highest BCUT2D eigenvalue weighted by molar-refractivity contribution is 7.13. The second-order valence-electron chi connectivity index (χ2n) is 5.62. The minimum absolute atomic E-state index is 0.126. The molecule has 1 amide bonds. The fourth-order valence-electron chi connectivity index (χ4n) is 3.06. The van der Waals surface area contributed by atoms with Gasteiger partial charge in [-0.05, 0) is 16.8 Å². The summed E-state index contributed by atoms with van der Waals surface area (Å²) in [6.07, 6.45) is 1.83. The summed E-state index contributed by atoms with van der Waals surface area (Å²) >= 11 is 1.65. The molecule has 2 heterocycles. The van der Waals surface area contributed by atoms with Crippen LogP contribution in [0, 0.1) is 0 Å². The van der Waals surface area contributed by atoms with Crippen LogP contribution >= 0.6 is 11.3 Å². The molecule has 23 heavy (non-hydrogen) atoms. The molecule has 0 spiro atoms. The Labute approximate surface area is 139 Å². The summed E-state index contributed by atoms with van der Waals surface area (Å²) in [6, 6.07) is 14.0. The number of anilines is 1. The smallest absolute Gasteiger partial charge is 0.254 e. The molecule has 0 saturated carbocycles. The van der Waals surface area contributed by atoms with Crippen LogP contribution in [0.5, 0.6) is 0 Å². The van der Waals surface area contributed by atoms with Crippen LogP contribution in [0.15, 0.2) is 54.0 Å². The van der Waals surface area contributed by atoms with Crippen molar-refractivity contribution < 1.29 is 4.79 Å². The van der Waals surface area contributed by atoms with Crippen molar-refractivity contribution in [3.8, 4) is 0 Å². The fraction of sp³-hybridized carbons (Fsp3) is 0.222. The van der Waals surface area contributed by atoms with Gasteiger partial charge in [0.15, 0.2) is 5.13 Å². The fourth-order valence-corrected chi connectivity index (χ4v) is 3.75. The van der Waals surface area contributed by atoms with Crippen molar-refractivity contribution >= 4 is 33.1 Å². The maximum atomic E-state index is 12.9. The molecule has 5 heteroatoms. The van der Waals surface area contributed by atoms with Gasteiger partial charge in [0.25, 0.3) is 5.91 Å². The Morgan fingerprint density at radius 3 is 2.57 bits per heavy atom. The molecule has 1 saturated heterocycles. The van der Waals surface area contributed by atoms with Gasteiger partial charge in [-0.2, -0.15) is 0 Å². The van der Waals surface area contributed by atoms with E-state index in [1.54, 1.807) is 11.3 Å². The van der Waals surface area contributed by atoms with Gasteiger partial charge >= 0.3 is 0 Å². The van der Waals surface area contributed by atoms with Crippen LogP contribution < -0.4 is 4.90 Å². The van der Waals surface area contributed by atoms with E-state index in [0.29, 0.717) is 0 Å². The minimum atomic E-state index is 0.126. The molecule has 1 aromatic heterocycles. The molecule has 0 unspecified atom stereocenters. The average Bonchev–Trinajstić information content (AvgIpc) is 3.15. The zero-order chi connectivity index (χ0) is 15.6. The summed E-state index contributed by atoms with van der Waals surface area (Å²) in [6.45, 7) is 3.15. The van der Waals surface area contributed by atoms with Crippen molar-refractivity contribution in [1.82, 2.24) is 9.88 Å². The maximum absolute atomic E-state index is 12.9. The number of benzene rings is 2. The van der Waals surface area contributed by atoms with Crippen LogP contribution in [0.1, 0.15) is 10.4 Å². The molecule has 0 N–H and O–H groups in total. The van der Waals surface area contributed by atoms with E-state index in [2.05, 4.69) is 9.88 Å². The van der Waals surface area contributed by atoms with Gasteiger partial charge in [0.2, 0.25) is 0 Å². The third-order valence-electron chi connectivity index (χ3n) is 4.28. The predicted octanol–water partition coefficient (Wildman–Crippen LogP) is 3.26. The van der Waals surface area contributed by atoms with E-state index in [1.807, 2.05) is 58.9 Å². The van der Waals surface area contributed by atoms with Crippen LogP contribution in [-0.2, 0) is 0 Å². The van der Waals surface area contributed by atoms with E-state index in [4.69, 9.17) is 0 Å². The molecule has 1 fully saturated rings. The van der Waals surface area contributed by atoms with E-state index in [9.17, 15) is 4.79 Å². The third-order valence-corrected chi connectivity index (χ3v) is 5.11. The lowest BCUT2D eigenvalue weighted by atomic mass is 10.0. The Balaban J connectivity index is 1.54. The number of carbonyl (C=O) groups excluding carboxylic acids is 1. The molecule has 2 aromatic carbocycles. The zero-order valence-electron chi connectivity index (χ0n) is 12.7. The van der Waals surface area contributed by atoms with E-state index < -0.39 is 0 Å². The summed E-state index contributed by atoms with van der Waals surface area (Å²) in [7, 11) is 0. The second kappa shape index (κ2) is 6.01. The molecule has 0 aliphatic carbocycles. The van der Waals surface area contributed by atoms with Gasteiger partial charge in [0, 0.05) is 43.3 Å². The van der Waals surface area contributed by atoms with Crippen molar-refractivity contribution in [3.05, 3.63) is 59.6 Å². The SMILES string of the molecule is O=C(c1cccc2ccccc12)N1CCN(c2nccs2)CC1. The lowest BCUT2D eigenvalue weighted by Crippen LogP contribution is -2.48. The lowest BCUT2D eigenvalue weighted by molar-refractivity contribution is 0.0749. The molecule has 0 radical (unpaired) electrons. The van der Waals surface area contributed by atoms with E-state index in [0.717, 1.165) is 47.6 Å². The summed E-state index contributed by atoms with van der Waals surface area (Å²) in [5.41, 5.74) is 0.797. The highest BCUT2D eigenvalue weighted by atomic mass is 32.1. The average molecular weight is 323 g/mol. The van der Waals surface area contributed by atoms with Crippen molar-refractivity contribution in [1.29, 1.82) is 0 Å². The van der Waals surface area contributed by atoms with Crippen molar-refractivity contribution in [2.24, 2.45) is 0 Å². The first-order valence-corrected chi connectivity index (χ1v) is 8.62. The molecular formula is C18H17N3OS. The predicted molar refractivity (Wildman–Crippen MR) is 94.2 cm³/mol. The number of carbonyl (C=O) groups is 1. The van der Waals surface area contributed by atoms with Gasteiger partial charge in [0.05, 0.1) is 0 Å². The first kappa shape index (κ1) is 14.2. The Hall–Kier alpha value is -2.40. The molecule has 0 atom stereocenters. The highest BCUT2D eigenvalue weighted by Gasteiger charge is 2.24. The first-order chi connectivity index (χ1) is 11.3. The number of hydrogen-bond donors (Lipinski definition) is 0. The van der Waals surface area contributed by atoms with Crippen LogP contribution in [0.4, 0.5) is 5.13 Å². The molecule has 4 nitrogen and oxygen atoms in total. The third kappa shape index (κ3) is 2.68. The minimum Gasteiger partial charge on any atom is -0.345 e. The van der Waals surface area contributed by atoms with Crippen molar-refractivity contribution in [2.45, 2.75) is 0 Å². The second-order valence-corrected chi connectivity index (χ2v) is 6.49. The first-order valence-electron chi connectivity index (χ1n) is 7.74. The van der Waals surface area contributed by atoms with Gasteiger partial charge in [-0.25, -0.2) is 4.98 Å². The van der Waals surface area contributed by atoms with Crippen LogP contribution in [0.2, 0.25) is 0 Å². The van der Waals surface area contributed by atoms with E-state index in [1.165, 1.54) is 0 Å². The van der Waals surface area contributed by atoms with Crippen LogP contribution in [0.25, 0.3) is 10.8 Å². The van der Waals surface area contributed by atoms with Gasteiger partial charge in [0.1, 0.15) is 0 Å². The summed E-state index contributed by atoms with van der Waals surface area (Å²) in [5.74, 6) is 0.126. The monoisotopic (exact) mass is 323 g/mol. The topological polar surface area (TPSA) is 36.4 Å². The molecule has 1 aliphatic heterocycles. The summed E-state index contributed by atoms with van der Waals surface area (Å²) in [5, 5.41) is 5.17. The number of thiazole rings is 1. The Morgan fingerprint density at radius 2 is 1.78 bits per heavy atom. The normalized spacial score (nSPS) is 15.1. The number of hydrogen-bond acceptors (Lipinski definition) is 4. The van der Waals surface area contributed by atoms with E-state index in [-0.39, 0.29) is 5.91 Å². The molecule has 1 aliphatic rings. The number of fused-ring (bicyclic) bond motifs is 1. The molecule has 0 bridgehead atoms. The number of piperazine rings is 1. The van der Waals surface area contributed by atoms with E-state index >= 15 is 0 Å². The number of rotatable bonds is 2. The number of aromatic nitrogens is 1. The zero-order valence-corrected chi connectivity index (χ0v) is 13.5. The van der Waals surface area contributed by atoms with Gasteiger partial charge < -0.3 is 9.80 Å². The van der Waals surface area contributed by atoms with Crippen LogP contribution in [0.3, 0.4) is 0 Å². The Morgan fingerprint density at radius 1 is 1.00 bits per heavy atom. The van der Waals surface area contributed by atoms with Crippen LogP contribution in [-0.4, -0.2) is 42.0 Å². The lowest BCUT2D eigenvalue weighted by Gasteiger charge is -2.34. The molecule has 116 valence electrons. The Kier molecular flexibility index (Phi) is 3.71. The molecular weight excluding hydrogens is 306 g/mol. The van der Waals surface area contributed by atoms with Gasteiger partial charge in [-0.15, -0.1) is 11.3 Å². The quantitative estimate of drug-likeness (QED) is 0.726.